The van der Waals surface area contributed by atoms with Crippen LogP contribution in [0.1, 0.15) is 32.3 Å². The van der Waals surface area contributed by atoms with Crippen molar-refractivity contribution in [1.29, 1.82) is 0 Å². The third-order valence-corrected chi connectivity index (χ3v) is 5.81. The molecule has 148 valence electrons. The van der Waals surface area contributed by atoms with E-state index in [-0.39, 0.29) is 11.8 Å². The van der Waals surface area contributed by atoms with Crippen LogP contribution >= 0.6 is 0 Å². The van der Waals surface area contributed by atoms with E-state index in [1.54, 1.807) is 6.92 Å². The fourth-order valence-electron chi connectivity index (χ4n) is 4.05. The van der Waals surface area contributed by atoms with Gasteiger partial charge < -0.3 is 15.1 Å². The minimum Gasteiger partial charge on any atom is -0.368 e. The summed E-state index contributed by atoms with van der Waals surface area (Å²) in [7, 11) is 0. The number of piperazine rings is 1. The van der Waals surface area contributed by atoms with Crippen LogP contribution < -0.4 is 10.2 Å². The quantitative estimate of drug-likeness (QED) is 0.822. The number of rotatable bonds is 6. The van der Waals surface area contributed by atoms with Crippen molar-refractivity contribution in [2.75, 3.05) is 50.7 Å². The van der Waals surface area contributed by atoms with Crippen molar-refractivity contribution >= 4 is 17.5 Å². The summed E-state index contributed by atoms with van der Waals surface area (Å²) < 4.78 is 0. The van der Waals surface area contributed by atoms with E-state index < -0.39 is 0 Å². The van der Waals surface area contributed by atoms with E-state index in [0.717, 1.165) is 52.1 Å². The highest BCUT2D eigenvalue weighted by Crippen LogP contribution is 2.30. The third kappa shape index (κ3) is 5.22. The Morgan fingerprint density at radius 2 is 1.85 bits per heavy atom. The number of fused-ring (bicyclic) bond motifs is 1. The fourth-order valence-corrected chi connectivity index (χ4v) is 4.05. The van der Waals surface area contributed by atoms with Crippen LogP contribution in [0.25, 0.3) is 0 Å². The first-order valence-electron chi connectivity index (χ1n) is 10.1. The third-order valence-electron chi connectivity index (χ3n) is 5.81. The number of benzene rings is 1. The van der Waals surface area contributed by atoms with Crippen LogP contribution in [0.4, 0.5) is 5.69 Å². The van der Waals surface area contributed by atoms with E-state index in [0.29, 0.717) is 19.0 Å². The maximum absolute atomic E-state index is 12.3. The number of nitrogens with one attached hydrogen (secondary N) is 1. The lowest BCUT2D eigenvalue weighted by Crippen LogP contribution is -2.49. The summed E-state index contributed by atoms with van der Waals surface area (Å²) in [5.41, 5.74) is 2.67. The first kappa shape index (κ1) is 19.7. The van der Waals surface area contributed by atoms with Crippen LogP contribution in [0.3, 0.4) is 0 Å². The molecular weight excluding hydrogens is 340 g/mol. The van der Waals surface area contributed by atoms with Crippen LogP contribution in [0.2, 0.25) is 0 Å². The Labute approximate surface area is 162 Å². The van der Waals surface area contributed by atoms with Gasteiger partial charge in [0.05, 0.1) is 0 Å². The lowest BCUT2D eigenvalue weighted by atomic mass is 9.96. The van der Waals surface area contributed by atoms with Crippen LogP contribution in [-0.2, 0) is 16.0 Å². The molecule has 2 amide bonds. The monoisotopic (exact) mass is 372 g/mol. The Morgan fingerprint density at radius 1 is 1.11 bits per heavy atom. The number of nitrogens with zero attached hydrogens (tertiary/aromatic N) is 3. The van der Waals surface area contributed by atoms with Crippen LogP contribution in [0.15, 0.2) is 24.3 Å². The normalized spacial score (nSPS) is 20.3. The second-order valence-corrected chi connectivity index (χ2v) is 7.66. The van der Waals surface area contributed by atoms with Gasteiger partial charge in [-0.25, -0.2) is 0 Å². The molecule has 0 spiro atoms. The minimum atomic E-state index is 0.118. The molecule has 2 aliphatic rings. The number of aryl methyl sites for hydroxylation is 1. The lowest BCUT2D eigenvalue weighted by molar-refractivity contribution is -0.130. The Bertz CT molecular complexity index is 655. The van der Waals surface area contributed by atoms with E-state index in [2.05, 4.69) is 46.3 Å². The van der Waals surface area contributed by atoms with Crippen LogP contribution in [-0.4, -0.2) is 73.5 Å². The largest absolute Gasteiger partial charge is 0.368 e. The van der Waals surface area contributed by atoms with Crippen molar-refractivity contribution in [2.45, 2.75) is 39.2 Å². The molecule has 1 atom stereocenters. The van der Waals surface area contributed by atoms with Gasteiger partial charge in [0.25, 0.3) is 0 Å². The molecule has 0 aliphatic carbocycles. The molecule has 0 bridgehead atoms. The molecule has 1 saturated heterocycles. The molecule has 0 aromatic heterocycles. The predicted molar refractivity (Wildman–Crippen MR) is 108 cm³/mol. The van der Waals surface area contributed by atoms with Gasteiger partial charge >= 0.3 is 0 Å². The Kier molecular flexibility index (Phi) is 6.72. The van der Waals surface area contributed by atoms with Gasteiger partial charge in [0.1, 0.15) is 0 Å². The van der Waals surface area contributed by atoms with Crippen LogP contribution in [0, 0.1) is 0 Å². The number of para-hydroxylation sites is 1. The van der Waals surface area contributed by atoms with Gasteiger partial charge in [-0.05, 0) is 31.4 Å². The van der Waals surface area contributed by atoms with E-state index in [4.69, 9.17) is 0 Å². The highest BCUT2D eigenvalue weighted by molar-refractivity contribution is 5.76. The number of carbonyl (C=O) groups is 2. The molecule has 0 radical (unpaired) electrons. The molecule has 27 heavy (non-hydrogen) atoms. The van der Waals surface area contributed by atoms with Gasteiger partial charge in [0.15, 0.2) is 0 Å². The van der Waals surface area contributed by atoms with Crippen molar-refractivity contribution in [2.24, 2.45) is 0 Å². The van der Waals surface area contributed by atoms with Crippen LogP contribution in [0.5, 0.6) is 0 Å². The summed E-state index contributed by atoms with van der Waals surface area (Å²) in [5, 5.41) is 3.05. The van der Waals surface area contributed by atoms with E-state index in [1.165, 1.54) is 11.3 Å². The molecule has 3 rings (SSSR count). The van der Waals surface area contributed by atoms with E-state index in [9.17, 15) is 9.59 Å². The smallest absolute Gasteiger partial charge is 0.221 e. The molecule has 6 nitrogen and oxygen atoms in total. The number of hydrogen-bond donors (Lipinski definition) is 1. The summed E-state index contributed by atoms with van der Waals surface area (Å²) in [6.07, 6.45) is 2.79. The first-order valence-corrected chi connectivity index (χ1v) is 10.1. The second-order valence-electron chi connectivity index (χ2n) is 7.66. The molecule has 0 saturated carbocycles. The predicted octanol–water partition coefficient (Wildman–Crippen LogP) is 1.50. The summed E-state index contributed by atoms with van der Waals surface area (Å²) in [5.74, 6) is 0.268. The highest BCUT2D eigenvalue weighted by Gasteiger charge is 2.23. The highest BCUT2D eigenvalue weighted by atomic mass is 16.2. The molecular formula is C21H32N4O2. The standard InChI is InChI=1S/C21H32N4O2/c1-17-7-8-19-5-3-4-6-20(19)25(17)11-9-21(27)22-10-12-23-13-15-24(16-14-23)18(2)26/h3-6,17H,7-16H2,1-2H3,(H,22,27)/t17-/m0/s1. The number of carbonyl (C=O) groups excluding carboxylic acids is 2. The van der Waals surface area contributed by atoms with Crippen molar-refractivity contribution in [3.8, 4) is 0 Å². The zero-order valence-corrected chi connectivity index (χ0v) is 16.6. The Balaban J connectivity index is 1.37. The number of amides is 2. The van der Waals surface area contributed by atoms with Gasteiger partial charge in [-0.3, -0.25) is 14.5 Å². The maximum atomic E-state index is 12.3. The molecule has 2 heterocycles. The molecule has 1 N–H and O–H groups in total. The number of anilines is 1. The van der Waals surface area contributed by atoms with E-state index in [1.807, 2.05) is 4.90 Å². The molecule has 1 aromatic rings. The van der Waals surface area contributed by atoms with Gasteiger partial charge in [-0.2, -0.15) is 0 Å². The summed E-state index contributed by atoms with van der Waals surface area (Å²) >= 11 is 0. The maximum Gasteiger partial charge on any atom is 0.221 e. The van der Waals surface area contributed by atoms with Gasteiger partial charge in [-0.1, -0.05) is 18.2 Å². The Morgan fingerprint density at radius 3 is 2.59 bits per heavy atom. The van der Waals surface area contributed by atoms with Crippen molar-refractivity contribution < 1.29 is 9.59 Å². The van der Waals surface area contributed by atoms with E-state index >= 15 is 0 Å². The number of hydrogen-bond acceptors (Lipinski definition) is 4. The first-order chi connectivity index (χ1) is 13.0. The fraction of sp³-hybridized carbons (Fsp3) is 0.619. The second kappa shape index (κ2) is 9.22. The van der Waals surface area contributed by atoms with Gasteiger partial charge in [-0.15, -0.1) is 0 Å². The SMILES string of the molecule is CC(=O)N1CCN(CCNC(=O)CCN2c3ccccc3CC[C@@H]2C)CC1. The molecule has 1 fully saturated rings. The van der Waals surface area contributed by atoms with Crippen molar-refractivity contribution in [3.63, 3.8) is 0 Å². The average molecular weight is 373 g/mol. The topological polar surface area (TPSA) is 55.9 Å². The molecule has 0 unspecified atom stereocenters. The summed E-state index contributed by atoms with van der Waals surface area (Å²) in [6, 6.07) is 9.01. The zero-order chi connectivity index (χ0) is 19.2. The molecule has 2 aliphatic heterocycles. The van der Waals surface area contributed by atoms with Gasteiger partial charge in [0.2, 0.25) is 11.8 Å². The Hall–Kier alpha value is -2.08. The van der Waals surface area contributed by atoms with Crippen molar-refractivity contribution in [1.82, 2.24) is 15.1 Å². The average Bonchev–Trinajstić information content (AvgIpc) is 2.67. The van der Waals surface area contributed by atoms with Gasteiger partial charge in [0, 0.05) is 70.9 Å². The summed E-state index contributed by atoms with van der Waals surface area (Å²) in [6.45, 7) is 9.50. The molecule has 6 heteroatoms. The minimum absolute atomic E-state index is 0.118. The lowest BCUT2D eigenvalue weighted by Gasteiger charge is -2.37. The molecule has 1 aromatic carbocycles. The zero-order valence-electron chi connectivity index (χ0n) is 16.6. The van der Waals surface area contributed by atoms with Crippen molar-refractivity contribution in [3.05, 3.63) is 29.8 Å². The summed E-state index contributed by atoms with van der Waals surface area (Å²) in [4.78, 5) is 30.2.